The van der Waals surface area contributed by atoms with Crippen LogP contribution in [0.4, 0.5) is 5.69 Å². The smallest absolute Gasteiger partial charge is 0.0881 e. The first-order chi connectivity index (χ1) is 8.16. The Labute approximate surface area is 106 Å². The van der Waals surface area contributed by atoms with Crippen molar-refractivity contribution in [1.82, 2.24) is 0 Å². The molecule has 1 heterocycles. The van der Waals surface area contributed by atoms with E-state index >= 15 is 0 Å². The zero-order valence-electron chi connectivity index (χ0n) is 10.0. The monoisotopic (exact) mass is 253 g/mol. The molecule has 1 aliphatic rings. The number of aliphatic hydroxyl groups is 1. The summed E-state index contributed by atoms with van der Waals surface area (Å²) in [5.74, 6) is 0.696. The van der Waals surface area contributed by atoms with E-state index < -0.39 is 6.10 Å². The lowest BCUT2D eigenvalue weighted by atomic mass is 10.1. The first-order valence-corrected chi connectivity index (χ1v) is 6.98. The molecule has 94 valence electrons. The van der Waals surface area contributed by atoms with Crippen LogP contribution in [0.5, 0.6) is 0 Å². The van der Waals surface area contributed by atoms with Crippen LogP contribution in [0, 0.1) is 0 Å². The normalized spacial score (nSPS) is 26.0. The first kappa shape index (κ1) is 12.7. The molecule has 0 bridgehead atoms. The van der Waals surface area contributed by atoms with Gasteiger partial charge in [-0.05, 0) is 31.0 Å². The van der Waals surface area contributed by atoms with Gasteiger partial charge in [0, 0.05) is 23.3 Å². The number of anilines is 1. The molecule has 3 N–H and O–H groups in total. The Kier molecular flexibility index (Phi) is 4.31. The van der Waals surface area contributed by atoms with E-state index in [1.54, 1.807) is 11.8 Å². The molecule has 0 spiro atoms. The van der Waals surface area contributed by atoms with Gasteiger partial charge in [-0.2, -0.15) is 11.8 Å². The summed E-state index contributed by atoms with van der Waals surface area (Å²) in [6.45, 7) is 2.94. The van der Waals surface area contributed by atoms with Gasteiger partial charge < -0.3 is 15.6 Å². The van der Waals surface area contributed by atoms with Gasteiger partial charge in [-0.3, -0.25) is 0 Å². The highest BCUT2D eigenvalue weighted by Crippen LogP contribution is 2.30. The van der Waals surface area contributed by atoms with Crippen molar-refractivity contribution >= 4 is 17.4 Å². The molecule has 0 radical (unpaired) electrons. The Morgan fingerprint density at radius 3 is 3.06 bits per heavy atom. The van der Waals surface area contributed by atoms with Crippen molar-refractivity contribution in [3.8, 4) is 0 Å². The SMILES string of the molecule is CC1OCCC1SCC(O)c1cccc(N)c1. The van der Waals surface area contributed by atoms with E-state index in [0.29, 0.717) is 22.8 Å². The number of nitrogen functional groups attached to an aromatic ring is 1. The molecular formula is C13H19NO2S. The summed E-state index contributed by atoms with van der Waals surface area (Å²) in [5, 5.41) is 10.6. The second kappa shape index (κ2) is 5.76. The summed E-state index contributed by atoms with van der Waals surface area (Å²) in [6, 6.07) is 7.45. The third-order valence-electron chi connectivity index (χ3n) is 3.07. The molecule has 0 aliphatic carbocycles. The molecule has 3 atom stereocenters. The van der Waals surface area contributed by atoms with Gasteiger partial charge in [0.25, 0.3) is 0 Å². The Hall–Kier alpha value is -0.710. The maximum absolute atomic E-state index is 10.1. The lowest BCUT2D eigenvalue weighted by Crippen LogP contribution is -2.15. The van der Waals surface area contributed by atoms with Gasteiger partial charge in [0.1, 0.15) is 0 Å². The fraction of sp³-hybridized carbons (Fsp3) is 0.538. The van der Waals surface area contributed by atoms with Crippen molar-refractivity contribution < 1.29 is 9.84 Å². The van der Waals surface area contributed by atoms with Gasteiger partial charge in [0.2, 0.25) is 0 Å². The van der Waals surface area contributed by atoms with Crippen LogP contribution < -0.4 is 5.73 Å². The van der Waals surface area contributed by atoms with Crippen LogP contribution in [0.2, 0.25) is 0 Å². The summed E-state index contributed by atoms with van der Waals surface area (Å²) < 4.78 is 5.50. The molecule has 0 amide bonds. The number of nitrogens with two attached hydrogens (primary N) is 1. The molecule has 1 aromatic carbocycles. The van der Waals surface area contributed by atoms with Crippen LogP contribution in [-0.4, -0.2) is 28.8 Å². The van der Waals surface area contributed by atoms with Crippen LogP contribution in [0.25, 0.3) is 0 Å². The average Bonchev–Trinajstić information content (AvgIpc) is 2.72. The first-order valence-electron chi connectivity index (χ1n) is 5.93. The molecule has 3 unspecified atom stereocenters. The lowest BCUT2D eigenvalue weighted by molar-refractivity contribution is 0.127. The minimum atomic E-state index is -0.448. The van der Waals surface area contributed by atoms with Crippen LogP contribution in [0.1, 0.15) is 25.0 Å². The fourth-order valence-corrected chi connectivity index (χ4v) is 3.24. The van der Waals surface area contributed by atoms with Crippen molar-refractivity contribution in [3.63, 3.8) is 0 Å². The maximum atomic E-state index is 10.1. The molecular weight excluding hydrogens is 234 g/mol. The molecule has 1 fully saturated rings. The highest BCUT2D eigenvalue weighted by Gasteiger charge is 2.25. The number of rotatable bonds is 4. The van der Waals surface area contributed by atoms with Gasteiger partial charge in [0.15, 0.2) is 0 Å². The highest BCUT2D eigenvalue weighted by molar-refractivity contribution is 8.00. The average molecular weight is 253 g/mol. The van der Waals surface area contributed by atoms with Gasteiger partial charge in [0.05, 0.1) is 12.2 Å². The zero-order valence-corrected chi connectivity index (χ0v) is 10.8. The fourth-order valence-electron chi connectivity index (χ4n) is 2.01. The van der Waals surface area contributed by atoms with Crippen molar-refractivity contribution in [3.05, 3.63) is 29.8 Å². The van der Waals surface area contributed by atoms with Crippen molar-refractivity contribution in [2.24, 2.45) is 0 Å². The highest BCUT2D eigenvalue weighted by atomic mass is 32.2. The zero-order chi connectivity index (χ0) is 12.3. The second-order valence-electron chi connectivity index (χ2n) is 4.42. The summed E-state index contributed by atoms with van der Waals surface area (Å²) in [5.41, 5.74) is 7.29. The second-order valence-corrected chi connectivity index (χ2v) is 5.69. The molecule has 1 aliphatic heterocycles. The quantitative estimate of drug-likeness (QED) is 0.808. The molecule has 3 nitrogen and oxygen atoms in total. The maximum Gasteiger partial charge on any atom is 0.0881 e. The molecule has 1 aromatic rings. The summed E-state index contributed by atoms with van der Waals surface area (Å²) in [4.78, 5) is 0. The standard InChI is InChI=1S/C13H19NO2S/c1-9-13(5-6-16-9)17-8-12(15)10-3-2-4-11(14)7-10/h2-4,7,9,12-13,15H,5-6,8,14H2,1H3. The lowest BCUT2D eigenvalue weighted by Gasteiger charge is -2.16. The van der Waals surface area contributed by atoms with E-state index in [1.165, 1.54) is 0 Å². The number of hydrogen-bond donors (Lipinski definition) is 2. The number of aliphatic hydroxyl groups excluding tert-OH is 1. The molecule has 0 saturated carbocycles. The summed E-state index contributed by atoms with van der Waals surface area (Å²) in [6.07, 6.45) is 0.930. The Morgan fingerprint density at radius 2 is 2.41 bits per heavy atom. The Balaban J connectivity index is 1.86. The van der Waals surface area contributed by atoms with Crippen LogP contribution >= 0.6 is 11.8 Å². The predicted molar refractivity (Wildman–Crippen MR) is 72.1 cm³/mol. The third-order valence-corrected chi connectivity index (χ3v) is 4.63. The third kappa shape index (κ3) is 3.37. The van der Waals surface area contributed by atoms with Crippen LogP contribution in [0.3, 0.4) is 0 Å². The number of thioether (sulfide) groups is 1. The van der Waals surface area contributed by atoms with E-state index in [9.17, 15) is 5.11 Å². The van der Waals surface area contributed by atoms with E-state index in [2.05, 4.69) is 6.92 Å². The van der Waals surface area contributed by atoms with Crippen LogP contribution in [0.15, 0.2) is 24.3 Å². The van der Waals surface area contributed by atoms with Crippen molar-refractivity contribution in [2.45, 2.75) is 30.8 Å². The number of hydrogen-bond acceptors (Lipinski definition) is 4. The van der Waals surface area contributed by atoms with E-state index in [4.69, 9.17) is 10.5 Å². The molecule has 1 saturated heterocycles. The number of benzene rings is 1. The Bertz CT molecular complexity index is 372. The number of ether oxygens (including phenoxy) is 1. The molecule has 4 heteroatoms. The minimum absolute atomic E-state index is 0.299. The summed E-state index contributed by atoms with van der Waals surface area (Å²) in [7, 11) is 0. The molecule has 17 heavy (non-hydrogen) atoms. The minimum Gasteiger partial charge on any atom is -0.399 e. The van der Waals surface area contributed by atoms with E-state index in [-0.39, 0.29) is 0 Å². The van der Waals surface area contributed by atoms with Crippen LogP contribution in [-0.2, 0) is 4.74 Å². The topological polar surface area (TPSA) is 55.5 Å². The predicted octanol–water partition coefficient (Wildman–Crippen LogP) is 2.21. The van der Waals surface area contributed by atoms with E-state index in [0.717, 1.165) is 18.6 Å². The van der Waals surface area contributed by atoms with Crippen molar-refractivity contribution in [1.29, 1.82) is 0 Å². The largest absolute Gasteiger partial charge is 0.399 e. The molecule has 2 rings (SSSR count). The van der Waals surface area contributed by atoms with E-state index in [1.807, 2.05) is 24.3 Å². The molecule has 0 aromatic heterocycles. The van der Waals surface area contributed by atoms with Crippen molar-refractivity contribution in [2.75, 3.05) is 18.1 Å². The van der Waals surface area contributed by atoms with Gasteiger partial charge >= 0.3 is 0 Å². The van der Waals surface area contributed by atoms with Gasteiger partial charge in [-0.25, -0.2) is 0 Å². The summed E-state index contributed by atoms with van der Waals surface area (Å²) >= 11 is 1.79. The van der Waals surface area contributed by atoms with Gasteiger partial charge in [-0.1, -0.05) is 12.1 Å². The van der Waals surface area contributed by atoms with Gasteiger partial charge in [-0.15, -0.1) is 0 Å². The Morgan fingerprint density at radius 1 is 1.59 bits per heavy atom.